The van der Waals surface area contributed by atoms with Gasteiger partial charge in [0.05, 0.1) is 24.3 Å². The average molecular weight is 478 g/mol. The summed E-state index contributed by atoms with van der Waals surface area (Å²) in [4.78, 5) is 28.0. The molecule has 0 saturated carbocycles. The Balaban J connectivity index is 1.72. The molecule has 1 fully saturated rings. The Hall–Kier alpha value is -3.97. The summed E-state index contributed by atoms with van der Waals surface area (Å²) in [5.41, 5.74) is 1.25. The van der Waals surface area contributed by atoms with Crippen molar-refractivity contribution in [2.45, 2.75) is 6.04 Å². The van der Waals surface area contributed by atoms with Crippen LogP contribution in [0.15, 0.2) is 72.3 Å². The summed E-state index contributed by atoms with van der Waals surface area (Å²) in [6, 6.07) is 17.9. The number of amides is 1. The summed E-state index contributed by atoms with van der Waals surface area (Å²) in [5, 5.41) is 11.7. The van der Waals surface area contributed by atoms with E-state index in [1.807, 2.05) is 6.07 Å². The number of anilines is 1. The summed E-state index contributed by atoms with van der Waals surface area (Å²) in [7, 11) is 1.45. The predicted molar refractivity (Wildman–Crippen MR) is 127 cm³/mol. The number of ketones is 1. The lowest BCUT2D eigenvalue weighted by atomic mass is 9.95. The molecule has 1 amide bonds. The van der Waals surface area contributed by atoms with Gasteiger partial charge >= 0.3 is 0 Å². The maximum Gasteiger partial charge on any atom is 0.300 e. The second-order valence-electron chi connectivity index (χ2n) is 7.75. The fraction of sp³-hybridized carbons (Fsp3) is 0.154. The highest BCUT2D eigenvalue weighted by Gasteiger charge is 2.47. The van der Waals surface area contributed by atoms with Crippen molar-refractivity contribution in [3.05, 3.63) is 88.5 Å². The number of ether oxygens (including phenoxy) is 3. The Labute approximate surface area is 200 Å². The topological polar surface area (TPSA) is 85.3 Å². The molecular weight excluding hydrogens is 458 g/mol. The van der Waals surface area contributed by atoms with Gasteiger partial charge in [-0.3, -0.25) is 14.5 Å². The molecule has 1 saturated heterocycles. The van der Waals surface area contributed by atoms with Crippen molar-refractivity contribution in [1.82, 2.24) is 0 Å². The minimum Gasteiger partial charge on any atom is -0.507 e. The van der Waals surface area contributed by atoms with Gasteiger partial charge < -0.3 is 19.3 Å². The fourth-order valence-electron chi connectivity index (χ4n) is 4.24. The zero-order valence-corrected chi connectivity index (χ0v) is 18.9. The standard InChI is InChI=1S/C26H20ClNO6/c1-32-19-9-7-16(27)13-18(19)24(29)22-23(15-5-3-2-4-6-15)28(26(31)25(22)30)17-8-10-20-21(14-17)34-12-11-33-20/h2-10,13-14,23,29H,11-12H2,1H3/b24-22+. The molecule has 8 heteroatoms. The van der Waals surface area contributed by atoms with E-state index < -0.39 is 17.7 Å². The van der Waals surface area contributed by atoms with Gasteiger partial charge in [-0.25, -0.2) is 0 Å². The number of hydrogen-bond acceptors (Lipinski definition) is 6. The van der Waals surface area contributed by atoms with Crippen molar-refractivity contribution in [3.63, 3.8) is 0 Å². The number of Topliss-reactive ketones (excluding diaryl/α,β-unsaturated/α-hetero) is 1. The molecule has 3 aromatic carbocycles. The Bertz CT molecular complexity index is 1320. The van der Waals surface area contributed by atoms with Gasteiger partial charge in [-0.05, 0) is 35.9 Å². The van der Waals surface area contributed by atoms with Crippen LogP contribution in [0.25, 0.3) is 5.76 Å². The molecule has 1 atom stereocenters. The number of benzene rings is 3. The monoisotopic (exact) mass is 477 g/mol. The van der Waals surface area contributed by atoms with Gasteiger partial charge in [-0.2, -0.15) is 0 Å². The maximum atomic E-state index is 13.3. The molecule has 2 heterocycles. The van der Waals surface area contributed by atoms with Gasteiger partial charge in [0.15, 0.2) is 11.5 Å². The van der Waals surface area contributed by atoms with E-state index in [-0.39, 0.29) is 16.9 Å². The normalized spacial score (nSPS) is 18.8. The van der Waals surface area contributed by atoms with Crippen LogP contribution >= 0.6 is 11.6 Å². The van der Waals surface area contributed by atoms with Gasteiger partial charge in [0.1, 0.15) is 24.7 Å². The highest BCUT2D eigenvalue weighted by atomic mass is 35.5. The van der Waals surface area contributed by atoms with Crippen molar-refractivity contribution < 1.29 is 28.9 Å². The van der Waals surface area contributed by atoms with E-state index in [0.29, 0.717) is 46.7 Å². The second kappa shape index (κ2) is 8.76. The first kappa shape index (κ1) is 21.9. The van der Waals surface area contributed by atoms with Gasteiger partial charge in [-0.15, -0.1) is 0 Å². The van der Waals surface area contributed by atoms with Crippen LogP contribution in [0.5, 0.6) is 17.2 Å². The second-order valence-corrected chi connectivity index (χ2v) is 8.19. The summed E-state index contributed by atoms with van der Waals surface area (Å²) < 4.78 is 16.6. The summed E-state index contributed by atoms with van der Waals surface area (Å²) in [6.45, 7) is 0.814. The first-order valence-electron chi connectivity index (χ1n) is 10.6. The smallest absolute Gasteiger partial charge is 0.300 e. The Morgan fingerprint density at radius 2 is 1.74 bits per heavy atom. The first-order chi connectivity index (χ1) is 16.5. The molecule has 2 aliphatic heterocycles. The van der Waals surface area contributed by atoms with Crippen LogP contribution in [0.3, 0.4) is 0 Å². The Kier molecular flexibility index (Phi) is 5.63. The molecule has 1 N–H and O–H groups in total. The van der Waals surface area contributed by atoms with Crippen LogP contribution in [-0.2, 0) is 9.59 Å². The van der Waals surface area contributed by atoms with E-state index in [4.69, 9.17) is 25.8 Å². The van der Waals surface area contributed by atoms with Crippen LogP contribution in [0.2, 0.25) is 5.02 Å². The zero-order chi connectivity index (χ0) is 23.8. The quantitative estimate of drug-likeness (QED) is 0.332. The highest BCUT2D eigenvalue weighted by Crippen LogP contribution is 2.45. The molecule has 0 aromatic heterocycles. The van der Waals surface area contributed by atoms with Gasteiger partial charge in [0, 0.05) is 16.8 Å². The third-order valence-corrected chi connectivity index (χ3v) is 6.02. The third kappa shape index (κ3) is 3.64. The van der Waals surface area contributed by atoms with E-state index in [1.165, 1.54) is 18.1 Å². The lowest BCUT2D eigenvalue weighted by molar-refractivity contribution is -0.132. The van der Waals surface area contributed by atoms with E-state index in [9.17, 15) is 14.7 Å². The van der Waals surface area contributed by atoms with E-state index in [1.54, 1.807) is 54.6 Å². The number of aliphatic hydroxyl groups excluding tert-OH is 1. The predicted octanol–water partition coefficient (Wildman–Crippen LogP) is 4.75. The molecule has 0 radical (unpaired) electrons. The van der Waals surface area contributed by atoms with Crippen LogP contribution in [0.1, 0.15) is 17.2 Å². The summed E-state index contributed by atoms with van der Waals surface area (Å²) in [6.07, 6.45) is 0. The molecule has 0 bridgehead atoms. The fourth-order valence-corrected chi connectivity index (χ4v) is 4.41. The molecule has 1 unspecified atom stereocenters. The number of rotatable bonds is 4. The summed E-state index contributed by atoms with van der Waals surface area (Å²) >= 11 is 6.16. The molecule has 2 aliphatic rings. The summed E-state index contributed by atoms with van der Waals surface area (Å²) in [5.74, 6) is -0.595. The molecule has 34 heavy (non-hydrogen) atoms. The molecule has 7 nitrogen and oxygen atoms in total. The molecule has 5 rings (SSSR count). The first-order valence-corrected chi connectivity index (χ1v) is 11.0. The van der Waals surface area contributed by atoms with Crippen molar-refractivity contribution >= 4 is 34.7 Å². The maximum absolute atomic E-state index is 13.3. The van der Waals surface area contributed by atoms with Crippen molar-refractivity contribution in [2.24, 2.45) is 0 Å². The number of nitrogens with zero attached hydrogens (tertiary/aromatic N) is 1. The molecular formula is C26H20ClNO6. The van der Waals surface area contributed by atoms with Crippen LogP contribution in [0.4, 0.5) is 5.69 Å². The lowest BCUT2D eigenvalue weighted by Crippen LogP contribution is -2.29. The highest BCUT2D eigenvalue weighted by molar-refractivity contribution is 6.51. The number of halogens is 1. The van der Waals surface area contributed by atoms with Gasteiger partial charge in [-0.1, -0.05) is 41.9 Å². The zero-order valence-electron chi connectivity index (χ0n) is 18.2. The number of hydrogen-bond donors (Lipinski definition) is 1. The number of carbonyl (C=O) groups excluding carboxylic acids is 2. The third-order valence-electron chi connectivity index (χ3n) is 5.78. The Morgan fingerprint density at radius 3 is 2.47 bits per heavy atom. The molecule has 3 aromatic rings. The molecule has 0 spiro atoms. The van der Waals surface area contributed by atoms with Crippen LogP contribution in [0, 0.1) is 0 Å². The lowest BCUT2D eigenvalue weighted by Gasteiger charge is -2.27. The number of carbonyl (C=O) groups is 2. The minimum atomic E-state index is -0.882. The van der Waals surface area contributed by atoms with E-state index in [0.717, 1.165) is 0 Å². The van der Waals surface area contributed by atoms with E-state index in [2.05, 4.69) is 0 Å². The number of fused-ring (bicyclic) bond motifs is 1. The Morgan fingerprint density at radius 1 is 1.00 bits per heavy atom. The van der Waals surface area contributed by atoms with Crippen LogP contribution < -0.4 is 19.1 Å². The SMILES string of the molecule is COc1ccc(Cl)cc1/C(O)=C1\C(=O)C(=O)N(c2ccc3c(c2)OCCO3)C1c1ccccc1. The minimum absolute atomic E-state index is 0.0633. The van der Waals surface area contributed by atoms with Crippen LogP contribution in [-0.4, -0.2) is 37.1 Å². The molecule has 0 aliphatic carbocycles. The van der Waals surface area contributed by atoms with Gasteiger partial charge in [0.2, 0.25) is 0 Å². The van der Waals surface area contributed by atoms with Gasteiger partial charge in [0.25, 0.3) is 11.7 Å². The number of methoxy groups -OCH3 is 1. The van der Waals surface area contributed by atoms with Crippen molar-refractivity contribution in [1.29, 1.82) is 0 Å². The largest absolute Gasteiger partial charge is 0.507 e. The average Bonchev–Trinajstić information content (AvgIpc) is 3.14. The number of aliphatic hydroxyl groups is 1. The van der Waals surface area contributed by atoms with Crippen molar-refractivity contribution in [2.75, 3.05) is 25.2 Å². The molecule has 172 valence electrons. The van der Waals surface area contributed by atoms with Crippen molar-refractivity contribution in [3.8, 4) is 17.2 Å². The van der Waals surface area contributed by atoms with E-state index >= 15 is 0 Å².